The van der Waals surface area contributed by atoms with Crippen LogP contribution in [0.3, 0.4) is 0 Å². The third kappa shape index (κ3) is 3.90. The normalized spacial score (nSPS) is 15.4. The van der Waals surface area contributed by atoms with Gasteiger partial charge in [-0.3, -0.25) is 4.79 Å². The third-order valence-corrected chi connectivity index (χ3v) is 5.87. The molecule has 2 heterocycles. The highest BCUT2D eigenvalue weighted by Gasteiger charge is 2.26. The molecule has 156 valence electrons. The Morgan fingerprint density at radius 1 is 1.10 bits per heavy atom. The molecule has 1 aliphatic heterocycles. The van der Waals surface area contributed by atoms with Gasteiger partial charge >= 0.3 is 0 Å². The monoisotopic (exact) mass is 405 g/mol. The third-order valence-electron chi connectivity index (χ3n) is 5.87. The summed E-state index contributed by atoms with van der Waals surface area (Å²) in [6.45, 7) is 4.84. The SMILES string of the molecule is COc1ccc(OC)c(C2CCc3nc(C(=O)Nc4ccc(C)c(C)c4)cn3C2)c1. The first kappa shape index (κ1) is 20.0. The lowest BCUT2D eigenvalue weighted by Crippen LogP contribution is -2.19. The molecule has 1 amide bonds. The lowest BCUT2D eigenvalue weighted by Gasteiger charge is -2.25. The Kier molecular flexibility index (Phi) is 5.48. The summed E-state index contributed by atoms with van der Waals surface area (Å²) >= 11 is 0. The van der Waals surface area contributed by atoms with Gasteiger partial charge in [0.05, 0.1) is 14.2 Å². The second-order valence-electron chi connectivity index (χ2n) is 7.79. The number of nitrogens with one attached hydrogen (secondary N) is 1. The molecular weight excluding hydrogens is 378 g/mol. The van der Waals surface area contributed by atoms with Gasteiger partial charge in [0.25, 0.3) is 5.91 Å². The van der Waals surface area contributed by atoms with Crippen molar-refractivity contribution in [1.29, 1.82) is 0 Å². The lowest BCUT2D eigenvalue weighted by atomic mass is 9.90. The minimum absolute atomic E-state index is 0.185. The number of benzene rings is 2. The minimum atomic E-state index is -0.185. The Balaban J connectivity index is 1.53. The van der Waals surface area contributed by atoms with Crippen LogP contribution in [0.2, 0.25) is 0 Å². The molecule has 0 radical (unpaired) electrons. The topological polar surface area (TPSA) is 65.4 Å². The van der Waals surface area contributed by atoms with E-state index in [0.717, 1.165) is 53.5 Å². The van der Waals surface area contributed by atoms with E-state index in [1.165, 1.54) is 5.56 Å². The highest BCUT2D eigenvalue weighted by Crippen LogP contribution is 2.36. The van der Waals surface area contributed by atoms with Crippen LogP contribution in [0.4, 0.5) is 5.69 Å². The maximum absolute atomic E-state index is 12.7. The number of carbonyl (C=O) groups excluding carboxylic acids is 1. The summed E-state index contributed by atoms with van der Waals surface area (Å²) < 4.78 is 13.0. The lowest BCUT2D eigenvalue weighted by molar-refractivity contribution is 0.102. The second kappa shape index (κ2) is 8.22. The molecule has 6 nitrogen and oxygen atoms in total. The van der Waals surface area contributed by atoms with E-state index in [-0.39, 0.29) is 11.8 Å². The van der Waals surface area contributed by atoms with E-state index < -0.39 is 0 Å². The molecule has 1 unspecified atom stereocenters. The average Bonchev–Trinajstić information content (AvgIpc) is 3.19. The second-order valence-corrected chi connectivity index (χ2v) is 7.79. The quantitative estimate of drug-likeness (QED) is 0.679. The van der Waals surface area contributed by atoms with Crippen molar-refractivity contribution in [2.45, 2.75) is 39.2 Å². The van der Waals surface area contributed by atoms with Crippen molar-refractivity contribution in [3.8, 4) is 11.5 Å². The van der Waals surface area contributed by atoms with E-state index in [2.05, 4.69) is 21.8 Å². The number of carbonyl (C=O) groups is 1. The van der Waals surface area contributed by atoms with Crippen LogP contribution in [0, 0.1) is 13.8 Å². The molecule has 3 aromatic rings. The highest BCUT2D eigenvalue weighted by atomic mass is 16.5. The molecule has 30 heavy (non-hydrogen) atoms. The molecule has 0 saturated carbocycles. The predicted molar refractivity (Wildman–Crippen MR) is 117 cm³/mol. The van der Waals surface area contributed by atoms with Crippen molar-refractivity contribution < 1.29 is 14.3 Å². The standard InChI is InChI=1S/C24H27N3O3/c1-15-5-7-18(11-16(15)2)25-24(28)21-14-27-13-17(6-10-23(27)26-21)20-12-19(29-3)8-9-22(20)30-4/h5,7-9,11-12,14,17H,6,10,13H2,1-4H3,(H,25,28). The molecule has 2 aromatic carbocycles. The van der Waals surface area contributed by atoms with E-state index in [0.29, 0.717) is 5.69 Å². The van der Waals surface area contributed by atoms with Gasteiger partial charge in [0.2, 0.25) is 0 Å². The first-order valence-electron chi connectivity index (χ1n) is 10.1. The van der Waals surface area contributed by atoms with Crippen LogP contribution >= 0.6 is 0 Å². The number of aryl methyl sites for hydroxylation is 3. The minimum Gasteiger partial charge on any atom is -0.497 e. The molecule has 0 bridgehead atoms. The molecule has 1 aromatic heterocycles. The van der Waals surface area contributed by atoms with Crippen LogP contribution in [0.25, 0.3) is 0 Å². The van der Waals surface area contributed by atoms with Crippen molar-refractivity contribution in [2.75, 3.05) is 19.5 Å². The zero-order valence-electron chi connectivity index (χ0n) is 17.9. The average molecular weight is 405 g/mol. The Morgan fingerprint density at radius 3 is 2.67 bits per heavy atom. The van der Waals surface area contributed by atoms with Crippen LogP contribution in [0.1, 0.15) is 45.3 Å². The molecular formula is C24H27N3O3. The van der Waals surface area contributed by atoms with Gasteiger partial charge in [-0.25, -0.2) is 4.98 Å². The van der Waals surface area contributed by atoms with Gasteiger partial charge in [-0.15, -0.1) is 0 Å². The summed E-state index contributed by atoms with van der Waals surface area (Å²) in [6, 6.07) is 11.8. The first-order chi connectivity index (χ1) is 14.5. The number of fused-ring (bicyclic) bond motifs is 1. The highest BCUT2D eigenvalue weighted by molar-refractivity contribution is 6.02. The van der Waals surface area contributed by atoms with Crippen LogP contribution in [0.15, 0.2) is 42.6 Å². The number of aromatic nitrogens is 2. The number of imidazole rings is 1. The van der Waals surface area contributed by atoms with Crippen LogP contribution in [-0.2, 0) is 13.0 Å². The van der Waals surface area contributed by atoms with Crippen LogP contribution < -0.4 is 14.8 Å². The number of rotatable bonds is 5. The summed E-state index contributed by atoms with van der Waals surface area (Å²) in [6.07, 6.45) is 3.60. The van der Waals surface area contributed by atoms with E-state index in [1.807, 2.05) is 49.5 Å². The van der Waals surface area contributed by atoms with Crippen molar-refractivity contribution in [3.63, 3.8) is 0 Å². The molecule has 1 N–H and O–H groups in total. The van der Waals surface area contributed by atoms with Gasteiger partial charge in [-0.1, -0.05) is 6.07 Å². The summed E-state index contributed by atoms with van der Waals surface area (Å²) in [5.74, 6) is 2.70. The summed E-state index contributed by atoms with van der Waals surface area (Å²) in [7, 11) is 3.35. The van der Waals surface area contributed by atoms with E-state index in [1.54, 1.807) is 14.2 Å². The number of ether oxygens (including phenoxy) is 2. The number of nitrogens with zero attached hydrogens (tertiary/aromatic N) is 2. The fraction of sp³-hybridized carbons (Fsp3) is 0.333. The molecule has 0 fully saturated rings. The largest absolute Gasteiger partial charge is 0.497 e. The zero-order valence-corrected chi connectivity index (χ0v) is 17.9. The van der Waals surface area contributed by atoms with Gasteiger partial charge in [0.15, 0.2) is 0 Å². The Bertz CT molecular complexity index is 1090. The van der Waals surface area contributed by atoms with Gasteiger partial charge in [0, 0.05) is 36.3 Å². The van der Waals surface area contributed by atoms with E-state index in [9.17, 15) is 4.79 Å². The van der Waals surface area contributed by atoms with Crippen molar-refractivity contribution in [1.82, 2.24) is 9.55 Å². The Labute approximate surface area is 176 Å². The van der Waals surface area contributed by atoms with E-state index in [4.69, 9.17) is 9.47 Å². The summed E-state index contributed by atoms with van der Waals surface area (Å²) in [5.41, 5.74) is 4.70. The van der Waals surface area contributed by atoms with Crippen LogP contribution in [0.5, 0.6) is 11.5 Å². The first-order valence-corrected chi connectivity index (χ1v) is 10.1. The molecule has 6 heteroatoms. The predicted octanol–water partition coefficient (Wildman–Crippen LogP) is 4.50. The summed E-state index contributed by atoms with van der Waals surface area (Å²) in [5, 5.41) is 2.96. The molecule has 1 atom stereocenters. The van der Waals surface area contributed by atoms with Crippen molar-refractivity contribution in [2.24, 2.45) is 0 Å². The van der Waals surface area contributed by atoms with E-state index >= 15 is 0 Å². The molecule has 4 rings (SSSR count). The van der Waals surface area contributed by atoms with Gasteiger partial charge in [0.1, 0.15) is 23.0 Å². The maximum Gasteiger partial charge on any atom is 0.275 e. The molecule has 0 aliphatic carbocycles. The zero-order chi connectivity index (χ0) is 21.3. The molecule has 1 aliphatic rings. The smallest absolute Gasteiger partial charge is 0.275 e. The molecule has 0 saturated heterocycles. The molecule has 0 spiro atoms. The fourth-order valence-electron chi connectivity index (χ4n) is 3.98. The fourth-order valence-corrected chi connectivity index (χ4v) is 3.98. The van der Waals surface area contributed by atoms with Crippen molar-refractivity contribution in [3.05, 3.63) is 70.8 Å². The maximum atomic E-state index is 12.7. The van der Waals surface area contributed by atoms with Crippen molar-refractivity contribution >= 4 is 11.6 Å². The van der Waals surface area contributed by atoms with Gasteiger partial charge in [-0.2, -0.15) is 0 Å². The van der Waals surface area contributed by atoms with Crippen LogP contribution in [-0.4, -0.2) is 29.7 Å². The summed E-state index contributed by atoms with van der Waals surface area (Å²) in [4.78, 5) is 17.3. The van der Waals surface area contributed by atoms with Gasteiger partial charge in [-0.05, 0) is 61.7 Å². The number of anilines is 1. The van der Waals surface area contributed by atoms with Gasteiger partial charge < -0.3 is 19.4 Å². The number of hydrogen-bond donors (Lipinski definition) is 1. The number of methoxy groups -OCH3 is 2. The Hall–Kier alpha value is -3.28. The Morgan fingerprint density at radius 2 is 1.93 bits per heavy atom. The number of amides is 1. The number of hydrogen-bond acceptors (Lipinski definition) is 4.